The zero-order valence-electron chi connectivity index (χ0n) is 11.7. The number of amides is 1. The number of pyridine rings is 1. The average Bonchev–Trinajstić information content (AvgIpc) is 2.24. The Morgan fingerprint density at radius 1 is 1.37 bits per heavy atom. The predicted molar refractivity (Wildman–Crippen MR) is 79.4 cm³/mol. The number of anilines is 1. The Hall–Kier alpha value is -1.30. The van der Waals surface area contributed by atoms with Gasteiger partial charge in [0.15, 0.2) is 0 Å². The third-order valence-corrected chi connectivity index (χ3v) is 2.60. The summed E-state index contributed by atoms with van der Waals surface area (Å²) in [7, 11) is 0. The largest absolute Gasteiger partial charge is 0.444 e. The van der Waals surface area contributed by atoms with E-state index in [2.05, 4.69) is 31.5 Å². The zero-order chi connectivity index (χ0) is 14.5. The molecule has 0 radical (unpaired) electrons. The SMILES string of the molecule is Cc1nc(Br)ccc1NCCNC(=O)OC(C)(C)C. The molecule has 0 unspecified atom stereocenters. The molecule has 0 bridgehead atoms. The van der Waals surface area contributed by atoms with E-state index in [0.29, 0.717) is 13.1 Å². The van der Waals surface area contributed by atoms with Crippen molar-refractivity contribution in [3.8, 4) is 0 Å². The fraction of sp³-hybridized carbons (Fsp3) is 0.538. The molecule has 0 atom stereocenters. The minimum atomic E-state index is -0.469. The van der Waals surface area contributed by atoms with Crippen molar-refractivity contribution in [2.75, 3.05) is 18.4 Å². The number of carbonyl (C=O) groups excluding carboxylic acids is 1. The molecule has 5 nitrogen and oxygen atoms in total. The summed E-state index contributed by atoms with van der Waals surface area (Å²) in [5, 5.41) is 5.89. The monoisotopic (exact) mass is 329 g/mol. The fourth-order valence-corrected chi connectivity index (χ4v) is 1.79. The van der Waals surface area contributed by atoms with E-state index in [4.69, 9.17) is 4.74 Å². The van der Waals surface area contributed by atoms with E-state index in [1.807, 2.05) is 39.8 Å². The van der Waals surface area contributed by atoms with Gasteiger partial charge in [0, 0.05) is 13.1 Å². The highest BCUT2D eigenvalue weighted by Crippen LogP contribution is 2.15. The first-order valence-corrected chi connectivity index (χ1v) is 6.91. The average molecular weight is 330 g/mol. The molecule has 1 amide bonds. The quantitative estimate of drug-likeness (QED) is 0.658. The summed E-state index contributed by atoms with van der Waals surface area (Å²) in [4.78, 5) is 15.7. The first kappa shape index (κ1) is 15.8. The summed E-state index contributed by atoms with van der Waals surface area (Å²) in [5.41, 5.74) is 1.39. The second-order valence-electron chi connectivity index (χ2n) is 5.12. The van der Waals surface area contributed by atoms with Crippen molar-refractivity contribution in [3.05, 3.63) is 22.4 Å². The van der Waals surface area contributed by atoms with Crippen molar-refractivity contribution < 1.29 is 9.53 Å². The summed E-state index contributed by atoms with van der Waals surface area (Å²) >= 11 is 3.31. The first-order valence-electron chi connectivity index (χ1n) is 6.12. The molecule has 0 spiro atoms. The number of nitrogens with one attached hydrogen (secondary N) is 2. The molecule has 0 aliphatic rings. The summed E-state index contributed by atoms with van der Waals surface area (Å²) in [6.45, 7) is 8.53. The van der Waals surface area contributed by atoms with E-state index >= 15 is 0 Å². The van der Waals surface area contributed by atoms with Crippen LogP contribution in [-0.4, -0.2) is 29.8 Å². The van der Waals surface area contributed by atoms with Gasteiger partial charge in [0.1, 0.15) is 10.2 Å². The van der Waals surface area contributed by atoms with Crippen LogP contribution in [0, 0.1) is 6.92 Å². The number of ether oxygens (including phenoxy) is 1. The Balaban J connectivity index is 2.29. The van der Waals surface area contributed by atoms with Gasteiger partial charge >= 0.3 is 6.09 Å². The van der Waals surface area contributed by atoms with Crippen molar-refractivity contribution in [1.82, 2.24) is 10.3 Å². The van der Waals surface area contributed by atoms with Gasteiger partial charge in [-0.25, -0.2) is 9.78 Å². The van der Waals surface area contributed by atoms with Crippen LogP contribution in [0.15, 0.2) is 16.7 Å². The molecule has 0 saturated heterocycles. The maximum atomic E-state index is 11.4. The van der Waals surface area contributed by atoms with E-state index in [1.165, 1.54) is 0 Å². The number of aryl methyl sites for hydroxylation is 1. The molecular formula is C13H20BrN3O2. The van der Waals surface area contributed by atoms with Crippen LogP contribution in [-0.2, 0) is 4.74 Å². The molecule has 1 aromatic rings. The van der Waals surface area contributed by atoms with Gasteiger partial charge < -0.3 is 15.4 Å². The van der Waals surface area contributed by atoms with Crippen LogP contribution in [0.25, 0.3) is 0 Å². The Kier molecular flexibility index (Phi) is 5.60. The number of halogens is 1. The highest BCUT2D eigenvalue weighted by Gasteiger charge is 2.15. The number of hydrogen-bond acceptors (Lipinski definition) is 4. The molecule has 2 N–H and O–H groups in total. The smallest absolute Gasteiger partial charge is 0.407 e. The van der Waals surface area contributed by atoms with E-state index in [-0.39, 0.29) is 0 Å². The molecule has 0 aliphatic heterocycles. The van der Waals surface area contributed by atoms with Crippen molar-refractivity contribution in [2.24, 2.45) is 0 Å². The highest BCUT2D eigenvalue weighted by molar-refractivity contribution is 9.10. The number of aromatic nitrogens is 1. The summed E-state index contributed by atoms with van der Waals surface area (Å²) in [6, 6.07) is 3.82. The first-order chi connectivity index (χ1) is 8.78. The van der Waals surface area contributed by atoms with Gasteiger partial charge in [0.2, 0.25) is 0 Å². The van der Waals surface area contributed by atoms with E-state index in [9.17, 15) is 4.79 Å². The Labute approximate surface area is 122 Å². The van der Waals surface area contributed by atoms with Crippen LogP contribution in [0.5, 0.6) is 0 Å². The molecule has 0 fully saturated rings. The molecule has 0 aromatic carbocycles. The van der Waals surface area contributed by atoms with Crippen LogP contribution in [0.3, 0.4) is 0 Å². The van der Waals surface area contributed by atoms with Gasteiger partial charge in [-0.15, -0.1) is 0 Å². The van der Waals surface area contributed by atoms with Crippen LogP contribution >= 0.6 is 15.9 Å². The summed E-state index contributed by atoms with van der Waals surface area (Å²) < 4.78 is 5.94. The van der Waals surface area contributed by atoms with Gasteiger partial charge in [0.25, 0.3) is 0 Å². The van der Waals surface area contributed by atoms with Crippen molar-refractivity contribution >= 4 is 27.7 Å². The van der Waals surface area contributed by atoms with Crippen LogP contribution in [0.1, 0.15) is 26.5 Å². The Bertz CT molecular complexity index is 444. The zero-order valence-corrected chi connectivity index (χ0v) is 13.3. The van der Waals surface area contributed by atoms with E-state index in [1.54, 1.807) is 0 Å². The molecule has 1 heterocycles. The molecular weight excluding hydrogens is 310 g/mol. The second kappa shape index (κ2) is 6.75. The second-order valence-corrected chi connectivity index (χ2v) is 5.93. The summed E-state index contributed by atoms with van der Waals surface area (Å²) in [6.07, 6.45) is -0.403. The maximum absolute atomic E-state index is 11.4. The lowest BCUT2D eigenvalue weighted by Gasteiger charge is -2.19. The predicted octanol–water partition coefficient (Wildman–Crippen LogP) is 3.09. The normalized spacial score (nSPS) is 11.0. The molecule has 1 rings (SSSR count). The molecule has 6 heteroatoms. The Morgan fingerprint density at radius 3 is 2.63 bits per heavy atom. The van der Waals surface area contributed by atoms with Gasteiger partial charge in [-0.3, -0.25) is 0 Å². The third-order valence-electron chi connectivity index (χ3n) is 2.16. The highest BCUT2D eigenvalue weighted by atomic mass is 79.9. The topological polar surface area (TPSA) is 63.2 Å². The lowest BCUT2D eigenvalue weighted by Crippen LogP contribution is -2.35. The van der Waals surface area contributed by atoms with Gasteiger partial charge in [-0.2, -0.15) is 0 Å². The standard InChI is InChI=1S/C13H20BrN3O2/c1-9-10(5-6-11(14)17-9)15-7-8-16-12(18)19-13(2,3)4/h5-6,15H,7-8H2,1-4H3,(H,16,18). The lowest BCUT2D eigenvalue weighted by molar-refractivity contribution is 0.0530. The molecule has 19 heavy (non-hydrogen) atoms. The van der Waals surface area contributed by atoms with Crippen LogP contribution in [0.4, 0.5) is 10.5 Å². The van der Waals surface area contributed by atoms with E-state index in [0.717, 1.165) is 16.0 Å². The van der Waals surface area contributed by atoms with Crippen LogP contribution < -0.4 is 10.6 Å². The van der Waals surface area contributed by atoms with Gasteiger partial charge in [-0.1, -0.05) is 0 Å². The van der Waals surface area contributed by atoms with Gasteiger partial charge in [0.05, 0.1) is 11.4 Å². The van der Waals surface area contributed by atoms with Crippen LogP contribution in [0.2, 0.25) is 0 Å². The molecule has 0 aliphatic carbocycles. The summed E-state index contributed by atoms with van der Waals surface area (Å²) in [5.74, 6) is 0. The van der Waals surface area contributed by atoms with Crippen molar-refractivity contribution in [1.29, 1.82) is 0 Å². The molecule has 1 aromatic heterocycles. The fourth-order valence-electron chi connectivity index (χ4n) is 1.39. The lowest BCUT2D eigenvalue weighted by atomic mass is 10.2. The number of nitrogens with zero attached hydrogens (tertiary/aromatic N) is 1. The maximum Gasteiger partial charge on any atom is 0.407 e. The molecule has 0 saturated carbocycles. The number of alkyl carbamates (subject to hydrolysis) is 1. The number of hydrogen-bond donors (Lipinski definition) is 2. The Morgan fingerprint density at radius 2 is 2.05 bits per heavy atom. The third kappa shape index (κ3) is 6.42. The minimum Gasteiger partial charge on any atom is -0.444 e. The minimum absolute atomic E-state index is 0.403. The van der Waals surface area contributed by atoms with E-state index < -0.39 is 11.7 Å². The number of carbonyl (C=O) groups is 1. The van der Waals surface area contributed by atoms with Gasteiger partial charge in [-0.05, 0) is 55.8 Å². The van der Waals surface area contributed by atoms with Crippen molar-refractivity contribution in [2.45, 2.75) is 33.3 Å². The van der Waals surface area contributed by atoms with Crippen molar-refractivity contribution in [3.63, 3.8) is 0 Å². The number of rotatable bonds is 4. The molecule has 106 valence electrons.